The second kappa shape index (κ2) is 10.5. The summed E-state index contributed by atoms with van der Waals surface area (Å²) in [6.45, 7) is 0.615. The van der Waals surface area contributed by atoms with Gasteiger partial charge in [-0.1, -0.05) is 30.3 Å². The first-order valence-electron chi connectivity index (χ1n) is 10.1. The number of nitrogens with two attached hydrogens (primary N) is 1. The van der Waals surface area contributed by atoms with E-state index in [2.05, 4.69) is 9.97 Å². The molecule has 0 saturated heterocycles. The first-order valence-corrected chi connectivity index (χ1v) is 10.1. The lowest BCUT2D eigenvalue weighted by atomic mass is 10.0. The standard InChI is InChI=1S/C24H27N3O2/c25-15-2-1-8-23(29)20-7-4-6-19(17-20)22-14-16-26-24(27-22)9-3-5-18-10-12-21(28)13-11-18/h4,6-7,10-14,16-17,28H,1-3,5,8-9,15,25H2. The molecule has 3 N–H and O–H groups in total. The van der Waals surface area contributed by atoms with E-state index < -0.39 is 0 Å². The number of hydrogen-bond acceptors (Lipinski definition) is 5. The van der Waals surface area contributed by atoms with Crippen molar-refractivity contribution in [1.29, 1.82) is 0 Å². The van der Waals surface area contributed by atoms with Crippen LogP contribution in [-0.2, 0) is 12.8 Å². The van der Waals surface area contributed by atoms with Gasteiger partial charge in [0.05, 0.1) is 5.69 Å². The van der Waals surface area contributed by atoms with Crippen LogP contribution < -0.4 is 5.73 Å². The molecule has 0 fully saturated rings. The van der Waals surface area contributed by atoms with Crippen molar-refractivity contribution in [2.24, 2.45) is 5.73 Å². The number of carbonyl (C=O) groups excluding carboxylic acids is 1. The summed E-state index contributed by atoms with van der Waals surface area (Å²) in [6, 6.07) is 16.8. The van der Waals surface area contributed by atoms with Crippen molar-refractivity contribution in [3.8, 4) is 17.0 Å². The molecule has 3 aromatic rings. The van der Waals surface area contributed by atoms with Gasteiger partial charge in [0.15, 0.2) is 5.78 Å². The SMILES string of the molecule is NCCCCC(=O)c1cccc(-c2ccnc(CCCc3ccc(O)cc3)n2)c1. The molecule has 1 aromatic heterocycles. The van der Waals surface area contributed by atoms with Crippen LogP contribution in [0.1, 0.15) is 47.4 Å². The molecular weight excluding hydrogens is 362 g/mol. The van der Waals surface area contributed by atoms with Gasteiger partial charge < -0.3 is 10.8 Å². The summed E-state index contributed by atoms with van der Waals surface area (Å²) in [5.41, 5.74) is 9.16. The molecule has 0 aliphatic carbocycles. The van der Waals surface area contributed by atoms with Crippen LogP contribution >= 0.6 is 0 Å². The highest BCUT2D eigenvalue weighted by Gasteiger charge is 2.09. The first kappa shape index (κ1) is 20.7. The van der Waals surface area contributed by atoms with Gasteiger partial charge >= 0.3 is 0 Å². The first-order chi connectivity index (χ1) is 14.2. The van der Waals surface area contributed by atoms with E-state index in [9.17, 15) is 9.90 Å². The number of unbranched alkanes of at least 4 members (excludes halogenated alkanes) is 1. The predicted octanol–water partition coefficient (Wildman–Crippen LogP) is 4.34. The highest BCUT2D eigenvalue weighted by Crippen LogP contribution is 2.20. The van der Waals surface area contributed by atoms with Gasteiger partial charge in [-0.25, -0.2) is 9.97 Å². The molecule has 0 aliphatic heterocycles. The van der Waals surface area contributed by atoms with Gasteiger partial charge in [-0.05, 0) is 62.1 Å². The lowest BCUT2D eigenvalue weighted by Gasteiger charge is -2.07. The second-order valence-electron chi connectivity index (χ2n) is 7.13. The topological polar surface area (TPSA) is 89.1 Å². The number of benzene rings is 2. The Morgan fingerprint density at radius 2 is 1.79 bits per heavy atom. The normalized spacial score (nSPS) is 10.8. The number of carbonyl (C=O) groups is 1. The van der Waals surface area contributed by atoms with Gasteiger partial charge in [0.1, 0.15) is 11.6 Å². The third-order valence-corrected chi connectivity index (χ3v) is 4.85. The Morgan fingerprint density at radius 1 is 0.966 bits per heavy atom. The molecule has 2 aromatic carbocycles. The lowest BCUT2D eigenvalue weighted by molar-refractivity contribution is 0.0979. The molecular formula is C24H27N3O2. The number of aromatic hydroxyl groups is 1. The minimum absolute atomic E-state index is 0.142. The van der Waals surface area contributed by atoms with Gasteiger partial charge in [-0.15, -0.1) is 0 Å². The lowest BCUT2D eigenvalue weighted by Crippen LogP contribution is -2.03. The maximum Gasteiger partial charge on any atom is 0.162 e. The Labute approximate surface area is 171 Å². The number of phenols is 1. The largest absolute Gasteiger partial charge is 0.508 e. The number of ketones is 1. The zero-order chi connectivity index (χ0) is 20.5. The third kappa shape index (κ3) is 6.22. The van der Waals surface area contributed by atoms with Crippen molar-refractivity contribution < 1.29 is 9.90 Å². The quantitative estimate of drug-likeness (QED) is 0.398. The van der Waals surface area contributed by atoms with E-state index in [4.69, 9.17) is 5.73 Å². The molecule has 150 valence electrons. The van der Waals surface area contributed by atoms with E-state index in [1.807, 2.05) is 42.5 Å². The van der Waals surface area contributed by atoms with Crippen LogP contribution in [0.5, 0.6) is 5.75 Å². The molecule has 0 saturated carbocycles. The van der Waals surface area contributed by atoms with Crippen LogP contribution in [0.4, 0.5) is 0 Å². The maximum atomic E-state index is 12.4. The van der Waals surface area contributed by atoms with Crippen LogP contribution in [0.3, 0.4) is 0 Å². The zero-order valence-electron chi connectivity index (χ0n) is 16.6. The Hall–Kier alpha value is -3.05. The molecule has 5 nitrogen and oxygen atoms in total. The van der Waals surface area contributed by atoms with E-state index in [-0.39, 0.29) is 11.5 Å². The molecule has 0 unspecified atom stereocenters. The molecule has 0 radical (unpaired) electrons. The predicted molar refractivity (Wildman–Crippen MR) is 115 cm³/mol. The fourth-order valence-electron chi connectivity index (χ4n) is 3.22. The minimum Gasteiger partial charge on any atom is -0.508 e. The molecule has 0 spiro atoms. The number of rotatable bonds is 10. The van der Waals surface area contributed by atoms with Crippen molar-refractivity contribution >= 4 is 5.78 Å². The molecule has 0 aliphatic rings. The summed E-state index contributed by atoms with van der Waals surface area (Å²) in [5, 5.41) is 9.36. The molecule has 5 heteroatoms. The number of phenolic OH excluding ortho intramolecular Hbond substituents is 1. The average Bonchev–Trinajstić information content (AvgIpc) is 2.75. The summed E-state index contributed by atoms with van der Waals surface area (Å²) >= 11 is 0. The fraction of sp³-hybridized carbons (Fsp3) is 0.292. The van der Waals surface area contributed by atoms with Gasteiger partial charge in [-0.2, -0.15) is 0 Å². The number of hydrogen-bond donors (Lipinski definition) is 2. The van der Waals surface area contributed by atoms with Gasteiger partial charge in [-0.3, -0.25) is 4.79 Å². The monoisotopic (exact) mass is 389 g/mol. The van der Waals surface area contributed by atoms with Crippen LogP contribution in [0, 0.1) is 0 Å². The Kier molecular flexibility index (Phi) is 7.47. The average molecular weight is 389 g/mol. The van der Waals surface area contributed by atoms with Gasteiger partial charge in [0.25, 0.3) is 0 Å². The smallest absolute Gasteiger partial charge is 0.162 e. The van der Waals surface area contributed by atoms with Crippen LogP contribution in [0.15, 0.2) is 60.8 Å². The van der Waals surface area contributed by atoms with Crippen LogP contribution in [-0.4, -0.2) is 27.4 Å². The summed E-state index contributed by atoms with van der Waals surface area (Å²) in [7, 11) is 0. The third-order valence-electron chi connectivity index (χ3n) is 4.85. The molecule has 1 heterocycles. The summed E-state index contributed by atoms with van der Waals surface area (Å²) in [6.07, 6.45) is 6.57. The number of nitrogens with zero attached hydrogens (tertiary/aromatic N) is 2. The van der Waals surface area contributed by atoms with Gasteiger partial charge in [0.2, 0.25) is 0 Å². The molecule has 29 heavy (non-hydrogen) atoms. The van der Waals surface area contributed by atoms with E-state index in [0.29, 0.717) is 18.5 Å². The molecule has 3 rings (SSSR count). The maximum absolute atomic E-state index is 12.4. The molecule has 0 atom stereocenters. The van der Waals surface area contributed by atoms with Crippen LogP contribution in [0.25, 0.3) is 11.3 Å². The van der Waals surface area contributed by atoms with Crippen molar-refractivity contribution in [2.75, 3.05) is 6.54 Å². The second-order valence-corrected chi connectivity index (χ2v) is 7.13. The summed E-state index contributed by atoms with van der Waals surface area (Å²) < 4.78 is 0. The van der Waals surface area contributed by atoms with E-state index in [0.717, 1.165) is 49.2 Å². The van der Waals surface area contributed by atoms with Crippen LogP contribution in [0.2, 0.25) is 0 Å². The molecule has 0 bridgehead atoms. The minimum atomic E-state index is 0.142. The van der Waals surface area contributed by atoms with E-state index in [1.54, 1.807) is 18.3 Å². The number of Topliss-reactive ketones (excluding diaryl/α,β-unsaturated/α-hetero) is 1. The Morgan fingerprint density at radius 3 is 2.59 bits per heavy atom. The zero-order valence-corrected chi connectivity index (χ0v) is 16.6. The summed E-state index contributed by atoms with van der Waals surface area (Å²) in [5.74, 6) is 1.22. The Bertz CT molecular complexity index is 939. The van der Waals surface area contributed by atoms with Crippen molar-refractivity contribution in [1.82, 2.24) is 9.97 Å². The van der Waals surface area contributed by atoms with Crippen molar-refractivity contribution in [3.05, 3.63) is 77.7 Å². The number of aromatic nitrogens is 2. The highest BCUT2D eigenvalue weighted by atomic mass is 16.3. The summed E-state index contributed by atoms with van der Waals surface area (Å²) in [4.78, 5) is 21.5. The van der Waals surface area contributed by atoms with E-state index >= 15 is 0 Å². The van der Waals surface area contributed by atoms with Gasteiger partial charge in [0, 0.05) is 30.2 Å². The fourth-order valence-corrected chi connectivity index (χ4v) is 3.22. The molecule has 0 amide bonds. The van der Waals surface area contributed by atoms with E-state index in [1.165, 1.54) is 5.56 Å². The van der Waals surface area contributed by atoms with Crippen molar-refractivity contribution in [3.63, 3.8) is 0 Å². The number of aryl methyl sites for hydroxylation is 2. The highest BCUT2D eigenvalue weighted by molar-refractivity contribution is 5.97. The van der Waals surface area contributed by atoms with Crippen molar-refractivity contribution in [2.45, 2.75) is 38.5 Å². The Balaban J connectivity index is 1.63.